The molecular formula is C10H16O4. The summed E-state index contributed by atoms with van der Waals surface area (Å²) in [6.45, 7) is 4.13. The summed E-state index contributed by atoms with van der Waals surface area (Å²) in [7, 11) is 0. The van der Waals surface area contributed by atoms with Crippen molar-refractivity contribution in [2.24, 2.45) is 5.92 Å². The summed E-state index contributed by atoms with van der Waals surface area (Å²) in [5, 5.41) is 0. The summed E-state index contributed by atoms with van der Waals surface area (Å²) in [4.78, 5) is 21.6. The maximum atomic E-state index is 11.1. The number of aldehydes is 1. The van der Waals surface area contributed by atoms with E-state index in [1.54, 1.807) is 6.92 Å². The first kappa shape index (κ1) is 11.2. The summed E-state index contributed by atoms with van der Waals surface area (Å²) in [5.74, 6) is -0.00879. The molecule has 0 unspecified atom stereocenters. The molecule has 1 aliphatic rings. The van der Waals surface area contributed by atoms with Crippen LogP contribution in [0.4, 0.5) is 0 Å². The van der Waals surface area contributed by atoms with Crippen LogP contribution in [0.3, 0.4) is 0 Å². The smallest absolute Gasteiger partial charge is 0.308 e. The van der Waals surface area contributed by atoms with Gasteiger partial charge in [0.1, 0.15) is 12.4 Å². The minimum Gasteiger partial charge on any atom is -0.466 e. The molecule has 0 aliphatic carbocycles. The van der Waals surface area contributed by atoms with Crippen molar-refractivity contribution >= 4 is 12.3 Å². The second-order valence-corrected chi connectivity index (χ2v) is 3.57. The van der Waals surface area contributed by atoms with Crippen LogP contribution in [0.15, 0.2) is 0 Å². The number of esters is 1. The second kappa shape index (κ2) is 5.10. The third-order valence-electron chi connectivity index (χ3n) is 2.41. The molecule has 0 N–H and O–H groups in total. The third-order valence-corrected chi connectivity index (χ3v) is 2.41. The van der Waals surface area contributed by atoms with Gasteiger partial charge in [0.25, 0.3) is 0 Å². The van der Waals surface area contributed by atoms with Crippen LogP contribution in [-0.2, 0) is 19.1 Å². The van der Waals surface area contributed by atoms with E-state index in [1.165, 1.54) is 0 Å². The zero-order valence-corrected chi connectivity index (χ0v) is 8.56. The zero-order valence-electron chi connectivity index (χ0n) is 8.56. The molecule has 0 spiro atoms. The Morgan fingerprint density at radius 1 is 1.64 bits per heavy atom. The van der Waals surface area contributed by atoms with Crippen LogP contribution in [0.25, 0.3) is 0 Å². The lowest BCUT2D eigenvalue weighted by molar-refractivity contribution is -0.147. The fraction of sp³-hybridized carbons (Fsp3) is 0.800. The molecule has 0 aromatic rings. The quantitative estimate of drug-likeness (QED) is 0.500. The molecule has 0 aromatic carbocycles. The van der Waals surface area contributed by atoms with Gasteiger partial charge in [0.15, 0.2) is 0 Å². The van der Waals surface area contributed by atoms with E-state index < -0.39 is 0 Å². The van der Waals surface area contributed by atoms with Crippen molar-refractivity contribution in [1.82, 2.24) is 0 Å². The van der Waals surface area contributed by atoms with Crippen LogP contribution < -0.4 is 0 Å². The minimum absolute atomic E-state index is 0.163. The van der Waals surface area contributed by atoms with Crippen LogP contribution in [0.1, 0.15) is 26.7 Å². The molecule has 1 fully saturated rings. The molecule has 0 radical (unpaired) electrons. The Hall–Kier alpha value is -0.900. The Kier molecular flexibility index (Phi) is 4.07. The summed E-state index contributed by atoms with van der Waals surface area (Å²) >= 11 is 0. The lowest BCUT2D eigenvalue weighted by Crippen LogP contribution is -2.20. The monoisotopic (exact) mass is 200 g/mol. The molecule has 0 aromatic heterocycles. The van der Waals surface area contributed by atoms with Crippen LogP contribution in [0.2, 0.25) is 0 Å². The van der Waals surface area contributed by atoms with Gasteiger partial charge in [-0.15, -0.1) is 0 Å². The van der Waals surface area contributed by atoms with Crippen molar-refractivity contribution < 1.29 is 19.1 Å². The van der Waals surface area contributed by atoms with E-state index in [0.717, 1.165) is 6.29 Å². The van der Waals surface area contributed by atoms with Crippen molar-refractivity contribution in [3.63, 3.8) is 0 Å². The molecule has 14 heavy (non-hydrogen) atoms. The number of carbonyl (C=O) groups excluding carboxylic acids is 2. The molecule has 1 rings (SSSR count). The first-order chi connectivity index (χ1) is 6.67. The highest BCUT2D eigenvalue weighted by atomic mass is 16.5. The molecule has 3 atom stereocenters. The maximum Gasteiger partial charge on any atom is 0.308 e. The minimum atomic E-state index is -0.343. The summed E-state index contributed by atoms with van der Waals surface area (Å²) in [5.41, 5.74) is 0. The van der Waals surface area contributed by atoms with Crippen LogP contribution >= 0.6 is 0 Å². The molecule has 1 saturated heterocycles. The Morgan fingerprint density at radius 2 is 2.36 bits per heavy atom. The van der Waals surface area contributed by atoms with Crippen LogP contribution in [-0.4, -0.2) is 31.1 Å². The van der Waals surface area contributed by atoms with Gasteiger partial charge >= 0.3 is 5.97 Å². The fourth-order valence-electron chi connectivity index (χ4n) is 1.65. The van der Waals surface area contributed by atoms with E-state index in [4.69, 9.17) is 9.47 Å². The van der Waals surface area contributed by atoms with E-state index in [2.05, 4.69) is 0 Å². The van der Waals surface area contributed by atoms with Gasteiger partial charge in [-0.3, -0.25) is 4.79 Å². The Balaban J connectivity index is 2.38. The lowest BCUT2D eigenvalue weighted by atomic mass is 10.00. The average Bonchev–Trinajstić information content (AvgIpc) is 2.48. The van der Waals surface area contributed by atoms with Crippen molar-refractivity contribution in [3.05, 3.63) is 0 Å². The van der Waals surface area contributed by atoms with E-state index in [1.807, 2.05) is 6.92 Å². The highest BCUT2D eigenvalue weighted by molar-refractivity contribution is 5.70. The molecule has 0 amide bonds. The highest BCUT2D eigenvalue weighted by Gasteiger charge is 2.33. The number of rotatable bonds is 4. The van der Waals surface area contributed by atoms with Gasteiger partial charge in [0.2, 0.25) is 0 Å². The SMILES string of the molecule is CCOC(=O)C[C@@H]1O[C@@H](C=O)C[C@H]1C. The summed E-state index contributed by atoms with van der Waals surface area (Å²) in [6.07, 6.45) is 1.24. The molecule has 4 nitrogen and oxygen atoms in total. The van der Waals surface area contributed by atoms with Gasteiger partial charge in [-0.05, 0) is 19.3 Å². The number of carbonyl (C=O) groups is 2. The highest BCUT2D eigenvalue weighted by Crippen LogP contribution is 2.27. The van der Waals surface area contributed by atoms with E-state index in [-0.39, 0.29) is 30.5 Å². The molecular weight excluding hydrogens is 184 g/mol. The maximum absolute atomic E-state index is 11.1. The van der Waals surface area contributed by atoms with Crippen molar-refractivity contribution in [1.29, 1.82) is 0 Å². The molecule has 4 heteroatoms. The normalized spacial score (nSPS) is 31.4. The molecule has 1 aliphatic heterocycles. The van der Waals surface area contributed by atoms with Crippen molar-refractivity contribution in [2.45, 2.75) is 38.9 Å². The molecule has 80 valence electrons. The molecule has 1 heterocycles. The van der Waals surface area contributed by atoms with E-state index in [0.29, 0.717) is 13.0 Å². The Morgan fingerprint density at radius 3 is 2.86 bits per heavy atom. The predicted octanol–water partition coefficient (Wildman–Crippen LogP) is 0.932. The number of hydrogen-bond acceptors (Lipinski definition) is 4. The van der Waals surface area contributed by atoms with Gasteiger partial charge in [-0.2, -0.15) is 0 Å². The zero-order chi connectivity index (χ0) is 10.6. The van der Waals surface area contributed by atoms with Crippen LogP contribution in [0, 0.1) is 5.92 Å². The molecule has 0 bridgehead atoms. The predicted molar refractivity (Wildman–Crippen MR) is 49.8 cm³/mol. The number of ether oxygens (including phenoxy) is 2. The number of hydrogen-bond donors (Lipinski definition) is 0. The largest absolute Gasteiger partial charge is 0.466 e. The third kappa shape index (κ3) is 2.80. The van der Waals surface area contributed by atoms with E-state index >= 15 is 0 Å². The fourth-order valence-corrected chi connectivity index (χ4v) is 1.65. The first-order valence-corrected chi connectivity index (χ1v) is 4.93. The topological polar surface area (TPSA) is 52.6 Å². The van der Waals surface area contributed by atoms with Gasteiger partial charge in [0, 0.05) is 0 Å². The molecule has 0 saturated carbocycles. The summed E-state index contributed by atoms with van der Waals surface area (Å²) < 4.78 is 10.2. The summed E-state index contributed by atoms with van der Waals surface area (Å²) in [6, 6.07) is 0. The first-order valence-electron chi connectivity index (χ1n) is 4.93. The van der Waals surface area contributed by atoms with Gasteiger partial charge in [-0.25, -0.2) is 0 Å². The van der Waals surface area contributed by atoms with Crippen molar-refractivity contribution in [3.8, 4) is 0 Å². The van der Waals surface area contributed by atoms with Gasteiger partial charge in [0.05, 0.1) is 19.1 Å². The van der Waals surface area contributed by atoms with Gasteiger partial charge < -0.3 is 14.3 Å². The Labute approximate surface area is 83.6 Å². The Bertz CT molecular complexity index is 214. The van der Waals surface area contributed by atoms with E-state index in [9.17, 15) is 9.59 Å². The average molecular weight is 200 g/mol. The van der Waals surface area contributed by atoms with Gasteiger partial charge in [-0.1, -0.05) is 6.92 Å². The van der Waals surface area contributed by atoms with Crippen LogP contribution in [0.5, 0.6) is 0 Å². The second-order valence-electron chi connectivity index (χ2n) is 3.57. The van der Waals surface area contributed by atoms with Crippen molar-refractivity contribution in [2.75, 3.05) is 6.61 Å². The lowest BCUT2D eigenvalue weighted by Gasteiger charge is -2.13. The standard InChI is InChI=1S/C10H16O4/c1-3-13-10(12)5-9-7(2)4-8(6-11)14-9/h6-9H,3-5H2,1-2H3/t7-,8-,9+/m1/s1.